The quantitative estimate of drug-likeness (QED) is 0.283. The third-order valence-electron chi connectivity index (χ3n) is 0.711. The number of thiol groups is 1. The zero-order chi connectivity index (χ0) is 8.15. The molecule has 1 atom stereocenters. The van der Waals surface area contributed by atoms with Crippen molar-refractivity contribution in [1.29, 1.82) is 0 Å². The summed E-state index contributed by atoms with van der Waals surface area (Å²) in [6.45, 7) is 0. The van der Waals surface area contributed by atoms with Crippen molar-refractivity contribution in [2.24, 2.45) is 5.73 Å². The van der Waals surface area contributed by atoms with Crippen molar-refractivity contribution in [3.63, 3.8) is 0 Å². The third-order valence-corrected chi connectivity index (χ3v) is 0.998. The Balaban J connectivity index is 3.68. The first-order valence-electron chi connectivity index (χ1n) is 2.45. The Bertz CT molecular complexity index is 149. The van der Waals surface area contributed by atoms with E-state index in [-0.39, 0.29) is 5.75 Å². The SMILES string of the molecule is NC(=O)C(O)NC(=O)CS. The maximum absolute atomic E-state index is 10.4. The Morgan fingerprint density at radius 2 is 2.20 bits per heavy atom. The average molecular weight is 164 g/mol. The van der Waals surface area contributed by atoms with Gasteiger partial charge in [-0.2, -0.15) is 12.6 Å². The predicted octanol–water partition coefficient (Wildman–Crippen LogP) is -2.16. The van der Waals surface area contributed by atoms with E-state index in [0.29, 0.717) is 0 Å². The summed E-state index contributed by atoms with van der Waals surface area (Å²) in [5.41, 5.74) is 4.61. The zero-order valence-electron chi connectivity index (χ0n) is 5.07. The molecule has 1 unspecified atom stereocenters. The van der Waals surface area contributed by atoms with E-state index in [1.807, 2.05) is 5.32 Å². The minimum absolute atomic E-state index is 0.0929. The van der Waals surface area contributed by atoms with E-state index in [4.69, 9.17) is 5.11 Å². The lowest BCUT2D eigenvalue weighted by Crippen LogP contribution is -2.44. The van der Waals surface area contributed by atoms with E-state index >= 15 is 0 Å². The van der Waals surface area contributed by atoms with Crippen molar-refractivity contribution < 1.29 is 14.7 Å². The lowest BCUT2D eigenvalue weighted by atomic mass is 10.5. The molecular weight excluding hydrogens is 156 g/mol. The van der Waals surface area contributed by atoms with Gasteiger partial charge in [0.15, 0.2) is 0 Å². The van der Waals surface area contributed by atoms with Crippen LogP contribution in [0.5, 0.6) is 0 Å². The van der Waals surface area contributed by atoms with Crippen molar-refractivity contribution in [3.8, 4) is 0 Å². The van der Waals surface area contributed by atoms with E-state index in [9.17, 15) is 9.59 Å². The van der Waals surface area contributed by atoms with E-state index in [0.717, 1.165) is 0 Å². The molecule has 0 aliphatic heterocycles. The molecule has 6 heteroatoms. The summed E-state index contributed by atoms with van der Waals surface area (Å²) in [4.78, 5) is 20.5. The summed E-state index contributed by atoms with van der Waals surface area (Å²) in [7, 11) is 0. The number of carbonyl (C=O) groups is 2. The number of aliphatic hydroxyl groups excluding tert-OH is 1. The van der Waals surface area contributed by atoms with Gasteiger partial charge in [-0.25, -0.2) is 0 Å². The number of aliphatic hydroxyl groups is 1. The van der Waals surface area contributed by atoms with Crippen LogP contribution in [0.25, 0.3) is 0 Å². The molecule has 0 spiro atoms. The van der Waals surface area contributed by atoms with Crippen LogP contribution >= 0.6 is 12.6 Å². The molecule has 0 radical (unpaired) electrons. The molecule has 0 aliphatic rings. The number of nitrogens with two attached hydrogens (primary N) is 1. The topological polar surface area (TPSA) is 92.4 Å². The van der Waals surface area contributed by atoms with E-state index in [2.05, 4.69) is 18.4 Å². The van der Waals surface area contributed by atoms with E-state index < -0.39 is 18.0 Å². The van der Waals surface area contributed by atoms with Gasteiger partial charge in [-0.05, 0) is 0 Å². The van der Waals surface area contributed by atoms with Gasteiger partial charge in [0.2, 0.25) is 12.1 Å². The minimum Gasteiger partial charge on any atom is -0.366 e. The zero-order valence-corrected chi connectivity index (χ0v) is 5.97. The smallest absolute Gasteiger partial charge is 0.267 e. The van der Waals surface area contributed by atoms with E-state index in [1.165, 1.54) is 0 Å². The van der Waals surface area contributed by atoms with Crippen molar-refractivity contribution in [1.82, 2.24) is 5.32 Å². The molecule has 0 aromatic rings. The van der Waals surface area contributed by atoms with Gasteiger partial charge in [0.05, 0.1) is 5.75 Å². The first-order chi connectivity index (χ1) is 4.57. The summed E-state index contributed by atoms with van der Waals surface area (Å²) in [5.74, 6) is -1.63. The molecule has 0 bridgehead atoms. The summed E-state index contributed by atoms with van der Waals surface area (Å²) < 4.78 is 0. The minimum atomic E-state index is -1.61. The number of primary amides is 1. The van der Waals surface area contributed by atoms with Gasteiger partial charge in [0, 0.05) is 0 Å². The summed E-state index contributed by atoms with van der Waals surface area (Å²) >= 11 is 3.58. The first-order valence-corrected chi connectivity index (χ1v) is 3.08. The van der Waals surface area contributed by atoms with Crippen molar-refractivity contribution >= 4 is 24.4 Å². The Morgan fingerprint density at radius 1 is 1.70 bits per heavy atom. The molecule has 0 aromatic heterocycles. The van der Waals surface area contributed by atoms with Crippen LogP contribution in [0.2, 0.25) is 0 Å². The molecule has 58 valence electrons. The van der Waals surface area contributed by atoms with Gasteiger partial charge < -0.3 is 16.2 Å². The number of nitrogens with one attached hydrogen (secondary N) is 1. The molecule has 0 heterocycles. The highest BCUT2D eigenvalue weighted by Gasteiger charge is 2.11. The van der Waals surface area contributed by atoms with Crippen LogP contribution in [0.3, 0.4) is 0 Å². The monoisotopic (exact) mass is 164 g/mol. The van der Waals surface area contributed by atoms with Crippen LogP contribution in [0, 0.1) is 0 Å². The number of rotatable bonds is 3. The highest BCUT2D eigenvalue weighted by molar-refractivity contribution is 7.81. The van der Waals surface area contributed by atoms with Gasteiger partial charge in [-0.15, -0.1) is 0 Å². The number of carbonyl (C=O) groups excluding carboxylic acids is 2. The highest BCUT2D eigenvalue weighted by atomic mass is 32.1. The van der Waals surface area contributed by atoms with Crippen molar-refractivity contribution in [3.05, 3.63) is 0 Å². The highest BCUT2D eigenvalue weighted by Crippen LogP contribution is 1.77. The Labute approximate surface area is 63.0 Å². The van der Waals surface area contributed by atoms with Crippen LogP contribution in [0.15, 0.2) is 0 Å². The molecule has 0 fully saturated rings. The van der Waals surface area contributed by atoms with Gasteiger partial charge in [0.25, 0.3) is 5.91 Å². The summed E-state index contributed by atoms with van der Waals surface area (Å²) in [6, 6.07) is 0. The average Bonchev–Trinajstić information content (AvgIpc) is 1.87. The van der Waals surface area contributed by atoms with Crippen molar-refractivity contribution in [2.75, 3.05) is 5.75 Å². The summed E-state index contributed by atoms with van der Waals surface area (Å²) in [6.07, 6.45) is -1.61. The lowest BCUT2D eigenvalue weighted by Gasteiger charge is -2.06. The third kappa shape index (κ3) is 3.31. The van der Waals surface area contributed by atoms with Gasteiger partial charge in [0.1, 0.15) is 0 Å². The Kier molecular flexibility index (Phi) is 3.82. The maximum atomic E-state index is 10.4. The fraction of sp³-hybridized carbons (Fsp3) is 0.500. The number of hydrogen-bond donors (Lipinski definition) is 4. The fourth-order valence-electron chi connectivity index (χ4n) is 0.269. The van der Waals surface area contributed by atoms with Gasteiger partial charge in [-0.3, -0.25) is 9.59 Å². The molecule has 0 rings (SSSR count). The molecule has 0 aliphatic carbocycles. The fourth-order valence-corrected chi connectivity index (χ4v) is 0.361. The summed E-state index contributed by atoms with van der Waals surface area (Å²) in [5, 5.41) is 10.5. The second-order valence-corrected chi connectivity index (χ2v) is 1.85. The molecule has 0 saturated carbocycles. The van der Waals surface area contributed by atoms with E-state index in [1.54, 1.807) is 0 Å². The number of amides is 2. The normalized spacial score (nSPS) is 12.2. The van der Waals surface area contributed by atoms with Crippen LogP contribution in [-0.4, -0.2) is 28.9 Å². The van der Waals surface area contributed by atoms with Crippen molar-refractivity contribution in [2.45, 2.75) is 6.23 Å². The lowest BCUT2D eigenvalue weighted by molar-refractivity contribution is -0.133. The molecule has 10 heavy (non-hydrogen) atoms. The molecule has 0 saturated heterocycles. The first kappa shape index (κ1) is 9.25. The van der Waals surface area contributed by atoms with Crippen LogP contribution in [-0.2, 0) is 9.59 Å². The van der Waals surface area contributed by atoms with Gasteiger partial charge in [-0.1, -0.05) is 0 Å². The maximum Gasteiger partial charge on any atom is 0.267 e. The molecule has 2 amide bonds. The Morgan fingerprint density at radius 3 is 2.50 bits per heavy atom. The standard InChI is InChI=1S/C4H8N2O3S/c5-3(8)4(9)6-2(7)1-10/h4,9-10H,1H2,(H2,5,8)(H,6,7). The molecule has 0 aromatic carbocycles. The number of hydrogen-bond acceptors (Lipinski definition) is 4. The van der Waals surface area contributed by atoms with Crippen LogP contribution in [0.4, 0.5) is 0 Å². The Hall–Kier alpha value is -0.750. The largest absolute Gasteiger partial charge is 0.366 e. The predicted molar refractivity (Wildman–Crippen MR) is 37.2 cm³/mol. The van der Waals surface area contributed by atoms with Crippen LogP contribution in [0.1, 0.15) is 0 Å². The second kappa shape index (κ2) is 4.13. The molecule has 5 nitrogen and oxygen atoms in total. The molecule has 4 N–H and O–H groups in total. The second-order valence-electron chi connectivity index (χ2n) is 1.53. The van der Waals surface area contributed by atoms with Crippen LogP contribution < -0.4 is 11.1 Å². The molecular formula is C4H8N2O3S. The van der Waals surface area contributed by atoms with Gasteiger partial charge >= 0.3 is 0 Å².